The zero-order valence-corrected chi connectivity index (χ0v) is 29.6. The summed E-state index contributed by atoms with van der Waals surface area (Å²) >= 11 is 0. The minimum atomic E-state index is -0.106. The Hall–Kier alpha value is -5.60. The fourth-order valence-corrected chi connectivity index (χ4v) is 10.5. The predicted octanol–water partition coefficient (Wildman–Crippen LogP) is 13.1. The number of para-hydroxylation sites is 3. The zero-order valence-electron chi connectivity index (χ0n) is 29.6. The fourth-order valence-electron chi connectivity index (χ4n) is 10.5. The van der Waals surface area contributed by atoms with E-state index in [9.17, 15) is 0 Å². The summed E-state index contributed by atoms with van der Waals surface area (Å²) in [6, 6.07) is 39.3. The highest BCUT2D eigenvalue weighted by Crippen LogP contribution is 2.57. The van der Waals surface area contributed by atoms with Gasteiger partial charge in [-0.1, -0.05) is 119 Å². The van der Waals surface area contributed by atoms with Crippen LogP contribution < -0.4 is 0 Å². The van der Waals surface area contributed by atoms with Crippen LogP contribution in [0.2, 0.25) is 0 Å². The molecular formula is C49H40N2. The summed E-state index contributed by atoms with van der Waals surface area (Å²) < 4.78 is 5.10. The second-order valence-electron chi connectivity index (χ2n) is 15.8. The van der Waals surface area contributed by atoms with E-state index in [2.05, 4.69) is 176 Å². The van der Waals surface area contributed by atoms with Gasteiger partial charge in [0.15, 0.2) is 0 Å². The van der Waals surface area contributed by atoms with Gasteiger partial charge in [-0.3, -0.25) is 0 Å². The fraction of sp³-hybridized carbons (Fsp3) is 0.184. The van der Waals surface area contributed by atoms with Crippen LogP contribution in [0.4, 0.5) is 0 Å². The molecule has 51 heavy (non-hydrogen) atoms. The average Bonchev–Trinajstić information content (AvgIpc) is 3.74. The molecule has 0 saturated heterocycles. The van der Waals surface area contributed by atoms with E-state index in [1.54, 1.807) is 5.57 Å². The molecule has 2 heterocycles. The highest BCUT2D eigenvalue weighted by Gasteiger charge is 2.43. The van der Waals surface area contributed by atoms with E-state index < -0.39 is 0 Å². The molecule has 11 rings (SSSR count). The first-order valence-corrected chi connectivity index (χ1v) is 18.6. The normalized spacial score (nSPS) is 20.9. The van der Waals surface area contributed by atoms with Crippen molar-refractivity contribution in [1.29, 1.82) is 0 Å². The molecule has 0 amide bonds. The average molecular weight is 657 g/mol. The first kappa shape index (κ1) is 29.2. The first-order valence-electron chi connectivity index (χ1n) is 18.6. The predicted molar refractivity (Wildman–Crippen MR) is 218 cm³/mol. The maximum atomic E-state index is 2.62. The van der Waals surface area contributed by atoms with Gasteiger partial charge in [-0.2, -0.15) is 0 Å². The minimum Gasteiger partial charge on any atom is -0.333 e. The third-order valence-corrected chi connectivity index (χ3v) is 12.5. The molecule has 0 fully saturated rings. The van der Waals surface area contributed by atoms with Gasteiger partial charge < -0.3 is 9.13 Å². The van der Waals surface area contributed by atoms with Crippen LogP contribution in [0, 0.1) is 11.8 Å². The molecule has 0 radical (unpaired) electrons. The van der Waals surface area contributed by atoms with Gasteiger partial charge in [0.05, 0.1) is 22.6 Å². The Morgan fingerprint density at radius 3 is 2.02 bits per heavy atom. The minimum absolute atomic E-state index is 0.106. The molecule has 6 aromatic carbocycles. The third kappa shape index (κ3) is 3.78. The summed E-state index contributed by atoms with van der Waals surface area (Å²) in [5.74, 6) is 0.893. The standard InChI is InChI=1S/C49H40N2/c1-29-15-8-11-22-41(29)51-43-24-13-10-20-33(43)38-25-35-36-26-37-32-19-9-12-23-42(32)50(31-17-6-5-7-18-31)44(37)28-40(36)48-46(39(35)27-45(38)51)34-21-14-16-30(2)47(34)49(48,3)4/h5-15,17-30,41H,16H2,1-4H3. The summed E-state index contributed by atoms with van der Waals surface area (Å²) in [7, 11) is 0. The number of fused-ring (bicyclic) bond motifs is 13. The van der Waals surface area contributed by atoms with Crippen molar-refractivity contribution in [2.45, 2.75) is 45.6 Å². The summed E-state index contributed by atoms with van der Waals surface area (Å²) in [6.45, 7) is 9.76. The van der Waals surface area contributed by atoms with Crippen LogP contribution in [0.5, 0.6) is 0 Å². The van der Waals surface area contributed by atoms with Gasteiger partial charge in [0.1, 0.15) is 0 Å². The van der Waals surface area contributed by atoms with Gasteiger partial charge in [0.25, 0.3) is 0 Å². The zero-order chi connectivity index (χ0) is 34.2. The lowest BCUT2D eigenvalue weighted by Crippen LogP contribution is -2.22. The maximum Gasteiger partial charge on any atom is 0.0585 e. The first-order chi connectivity index (χ1) is 24.9. The summed E-state index contributed by atoms with van der Waals surface area (Å²) in [5, 5.41) is 10.7. The molecule has 2 aromatic heterocycles. The summed E-state index contributed by atoms with van der Waals surface area (Å²) in [4.78, 5) is 0. The number of hydrogen-bond donors (Lipinski definition) is 0. The maximum absolute atomic E-state index is 2.62. The highest BCUT2D eigenvalue weighted by molar-refractivity contribution is 6.26. The van der Waals surface area contributed by atoms with Crippen LogP contribution in [0.25, 0.3) is 76.4 Å². The van der Waals surface area contributed by atoms with E-state index in [4.69, 9.17) is 0 Å². The second kappa shape index (κ2) is 10.2. The lowest BCUT2D eigenvalue weighted by molar-refractivity contribution is 0.510. The molecule has 3 aliphatic rings. The molecule has 3 atom stereocenters. The van der Waals surface area contributed by atoms with Crippen molar-refractivity contribution in [3.63, 3.8) is 0 Å². The molecule has 246 valence electrons. The van der Waals surface area contributed by atoms with Crippen molar-refractivity contribution in [1.82, 2.24) is 9.13 Å². The Morgan fingerprint density at radius 2 is 1.24 bits per heavy atom. The Morgan fingerprint density at radius 1 is 0.588 bits per heavy atom. The quantitative estimate of drug-likeness (QED) is 0.164. The second-order valence-corrected chi connectivity index (χ2v) is 15.8. The van der Waals surface area contributed by atoms with Crippen LogP contribution in [0.1, 0.15) is 51.3 Å². The van der Waals surface area contributed by atoms with Gasteiger partial charge in [-0.15, -0.1) is 0 Å². The highest BCUT2D eigenvalue weighted by atomic mass is 15.0. The molecule has 3 unspecified atom stereocenters. The third-order valence-electron chi connectivity index (χ3n) is 12.5. The van der Waals surface area contributed by atoms with E-state index >= 15 is 0 Å². The van der Waals surface area contributed by atoms with Gasteiger partial charge in [-0.05, 0) is 111 Å². The van der Waals surface area contributed by atoms with E-state index in [-0.39, 0.29) is 11.5 Å². The van der Waals surface area contributed by atoms with Gasteiger partial charge in [0, 0.05) is 38.2 Å². The molecule has 0 spiro atoms. The van der Waals surface area contributed by atoms with Gasteiger partial charge in [-0.25, -0.2) is 0 Å². The van der Waals surface area contributed by atoms with Crippen molar-refractivity contribution < 1.29 is 0 Å². The molecule has 8 aromatic rings. The summed E-state index contributed by atoms with van der Waals surface area (Å²) in [5.41, 5.74) is 12.2. The van der Waals surface area contributed by atoms with E-state index in [0.717, 1.165) is 6.42 Å². The SMILES string of the molecule is CC1CC=CC2=C1C(C)(C)c1c2c2cc3c(cc2c2cc4c5ccccc5n(-c5ccccc5)c4cc12)c1ccccc1n3C1C=CC=CC1C. The molecule has 3 aliphatic carbocycles. The Balaban J connectivity index is 1.36. The van der Waals surface area contributed by atoms with Gasteiger partial charge >= 0.3 is 0 Å². The Kier molecular flexibility index (Phi) is 5.85. The van der Waals surface area contributed by atoms with E-state index in [1.807, 2.05) is 0 Å². The molecule has 0 aliphatic heterocycles. The molecular weight excluding hydrogens is 617 g/mol. The topological polar surface area (TPSA) is 9.86 Å². The molecule has 0 saturated carbocycles. The lowest BCUT2D eigenvalue weighted by atomic mass is 9.73. The van der Waals surface area contributed by atoms with Crippen molar-refractivity contribution in [2.24, 2.45) is 11.8 Å². The number of nitrogens with zero attached hydrogens (tertiary/aromatic N) is 2. The Bertz CT molecular complexity index is 2940. The van der Waals surface area contributed by atoms with Crippen LogP contribution in [-0.2, 0) is 5.41 Å². The van der Waals surface area contributed by atoms with Crippen LogP contribution >= 0.6 is 0 Å². The number of rotatable bonds is 2. The monoisotopic (exact) mass is 656 g/mol. The molecule has 0 N–H and O–H groups in total. The van der Waals surface area contributed by atoms with Crippen molar-refractivity contribution in [2.75, 3.05) is 0 Å². The van der Waals surface area contributed by atoms with E-state index in [1.165, 1.54) is 87.5 Å². The number of benzene rings is 6. The van der Waals surface area contributed by atoms with Crippen molar-refractivity contribution in [3.05, 3.63) is 156 Å². The number of aromatic nitrogens is 2. The lowest BCUT2D eigenvalue weighted by Gasteiger charge is -2.31. The summed E-state index contributed by atoms with van der Waals surface area (Å²) in [6.07, 6.45) is 15.1. The molecule has 2 nitrogen and oxygen atoms in total. The smallest absolute Gasteiger partial charge is 0.0585 e. The van der Waals surface area contributed by atoms with Crippen molar-refractivity contribution >= 4 is 70.7 Å². The number of hydrogen-bond acceptors (Lipinski definition) is 0. The van der Waals surface area contributed by atoms with E-state index in [0.29, 0.717) is 11.8 Å². The van der Waals surface area contributed by atoms with Crippen LogP contribution in [-0.4, -0.2) is 9.13 Å². The van der Waals surface area contributed by atoms with Crippen LogP contribution in [0.3, 0.4) is 0 Å². The largest absolute Gasteiger partial charge is 0.333 e. The van der Waals surface area contributed by atoms with Crippen LogP contribution in [0.15, 0.2) is 145 Å². The van der Waals surface area contributed by atoms with Crippen molar-refractivity contribution in [3.8, 4) is 5.69 Å². The Labute approximate surface area is 298 Å². The number of allylic oxidation sites excluding steroid dienone is 8. The molecule has 2 heteroatoms. The van der Waals surface area contributed by atoms with Gasteiger partial charge in [0.2, 0.25) is 0 Å². The molecule has 0 bridgehead atoms.